The number of carbonyl (C=O) groups excluding carboxylic acids is 1. The number of nitrogens with zero attached hydrogens (tertiary/aromatic N) is 4. The molecule has 2 aliphatic heterocycles. The number of hydrogen-bond acceptors (Lipinski definition) is 5. The lowest BCUT2D eigenvalue weighted by atomic mass is 9.91. The highest BCUT2D eigenvalue weighted by atomic mass is 19.1. The third kappa shape index (κ3) is 6.57. The number of piperazine rings is 1. The van der Waals surface area contributed by atoms with Gasteiger partial charge in [0.2, 0.25) is 5.91 Å². The molecule has 0 spiro atoms. The predicted molar refractivity (Wildman–Crippen MR) is 155 cm³/mol. The molecule has 1 amide bonds. The largest absolute Gasteiger partial charge is 0.367 e. The molecule has 1 fully saturated rings. The fourth-order valence-electron chi connectivity index (χ4n) is 5.10. The summed E-state index contributed by atoms with van der Waals surface area (Å²) in [5, 5.41) is 3.49. The smallest absolute Gasteiger partial charge is 0.219 e. The molecule has 0 saturated carbocycles. The molecular weight excluding hydrogens is 477 g/mol. The van der Waals surface area contributed by atoms with E-state index >= 15 is 0 Å². The van der Waals surface area contributed by atoms with Crippen molar-refractivity contribution in [1.82, 2.24) is 9.88 Å². The number of halogens is 1. The minimum atomic E-state index is -0.269. The molecule has 0 unspecified atom stereocenters. The molecule has 1 saturated heterocycles. The summed E-state index contributed by atoms with van der Waals surface area (Å²) >= 11 is 0. The second-order valence-corrected chi connectivity index (χ2v) is 9.83. The van der Waals surface area contributed by atoms with Gasteiger partial charge in [-0.1, -0.05) is 43.7 Å². The SMILES string of the molecule is CC/C=C(/Cc1ccc(C2=C(CC)CC=NC=C2F)c(C)c1)Nc1ccc(N2CCN(C(C)=O)CC2)cn1. The first-order valence-electron chi connectivity index (χ1n) is 13.5. The van der Waals surface area contributed by atoms with Crippen molar-refractivity contribution >= 4 is 29.2 Å². The molecule has 3 heterocycles. The van der Waals surface area contributed by atoms with Gasteiger partial charge in [0, 0.05) is 63.4 Å². The van der Waals surface area contributed by atoms with Crippen LogP contribution in [0.3, 0.4) is 0 Å². The molecule has 1 N–H and O–H groups in total. The number of aliphatic imine (C=N–C) groups is 1. The molecule has 200 valence electrons. The van der Waals surface area contributed by atoms with Crippen LogP contribution in [0.25, 0.3) is 5.57 Å². The molecule has 2 aromatic rings. The van der Waals surface area contributed by atoms with Gasteiger partial charge in [-0.25, -0.2) is 9.37 Å². The number of amides is 1. The number of aryl methyl sites for hydroxylation is 1. The normalized spacial score (nSPS) is 16.4. The van der Waals surface area contributed by atoms with Gasteiger partial charge in [0.05, 0.1) is 18.1 Å². The molecule has 4 rings (SSSR count). The Labute approximate surface area is 225 Å². The van der Waals surface area contributed by atoms with Crippen molar-refractivity contribution in [3.63, 3.8) is 0 Å². The summed E-state index contributed by atoms with van der Waals surface area (Å²) in [6.45, 7) is 11.0. The number of nitrogens with one attached hydrogen (secondary N) is 1. The number of allylic oxidation sites excluding steroid dienone is 5. The Morgan fingerprint density at radius 2 is 1.92 bits per heavy atom. The average molecular weight is 516 g/mol. The Bertz CT molecular complexity index is 1270. The van der Waals surface area contributed by atoms with Crippen molar-refractivity contribution < 1.29 is 9.18 Å². The summed E-state index contributed by atoms with van der Waals surface area (Å²) in [4.78, 5) is 24.5. The summed E-state index contributed by atoms with van der Waals surface area (Å²) in [6.07, 6.45) is 10.3. The van der Waals surface area contributed by atoms with Crippen LogP contribution in [0, 0.1) is 6.92 Å². The predicted octanol–water partition coefficient (Wildman–Crippen LogP) is 6.46. The number of pyridine rings is 1. The third-order valence-corrected chi connectivity index (χ3v) is 7.18. The Kier molecular flexibility index (Phi) is 9.10. The molecule has 1 aromatic heterocycles. The molecule has 0 radical (unpaired) electrons. The lowest BCUT2D eigenvalue weighted by Crippen LogP contribution is -2.48. The number of hydrogen-bond donors (Lipinski definition) is 1. The van der Waals surface area contributed by atoms with Gasteiger partial charge in [0.15, 0.2) is 0 Å². The maximum Gasteiger partial charge on any atom is 0.219 e. The average Bonchev–Trinajstić information content (AvgIpc) is 3.10. The molecule has 1 aromatic carbocycles. The zero-order chi connectivity index (χ0) is 27.1. The fourth-order valence-corrected chi connectivity index (χ4v) is 5.10. The van der Waals surface area contributed by atoms with Gasteiger partial charge in [0.1, 0.15) is 11.6 Å². The highest BCUT2D eigenvalue weighted by molar-refractivity contribution is 5.85. The number of anilines is 2. The minimum Gasteiger partial charge on any atom is -0.367 e. The molecule has 7 heteroatoms. The van der Waals surface area contributed by atoms with Crippen LogP contribution in [0.2, 0.25) is 0 Å². The second kappa shape index (κ2) is 12.7. The summed E-state index contributed by atoms with van der Waals surface area (Å²) in [6, 6.07) is 10.4. The second-order valence-electron chi connectivity index (χ2n) is 9.83. The van der Waals surface area contributed by atoms with E-state index in [0.717, 1.165) is 84.9 Å². The molecule has 38 heavy (non-hydrogen) atoms. The lowest BCUT2D eigenvalue weighted by Gasteiger charge is -2.35. The summed E-state index contributed by atoms with van der Waals surface area (Å²) < 4.78 is 14.9. The fraction of sp³-hybridized carbons (Fsp3) is 0.387. The van der Waals surface area contributed by atoms with E-state index in [2.05, 4.69) is 58.3 Å². The quantitative estimate of drug-likeness (QED) is 0.439. The number of rotatable bonds is 8. The highest BCUT2D eigenvalue weighted by Crippen LogP contribution is 2.34. The van der Waals surface area contributed by atoms with Crippen molar-refractivity contribution in [2.24, 2.45) is 4.99 Å². The van der Waals surface area contributed by atoms with Crippen LogP contribution in [0.4, 0.5) is 15.9 Å². The van der Waals surface area contributed by atoms with E-state index in [1.807, 2.05) is 30.2 Å². The summed E-state index contributed by atoms with van der Waals surface area (Å²) in [5.41, 5.74) is 7.04. The Morgan fingerprint density at radius 1 is 1.13 bits per heavy atom. The Morgan fingerprint density at radius 3 is 2.55 bits per heavy atom. The van der Waals surface area contributed by atoms with Gasteiger partial charge in [0.25, 0.3) is 0 Å². The van der Waals surface area contributed by atoms with E-state index < -0.39 is 0 Å². The van der Waals surface area contributed by atoms with E-state index in [1.54, 1.807) is 13.1 Å². The van der Waals surface area contributed by atoms with E-state index in [1.165, 1.54) is 6.20 Å². The van der Waals surface area contributed by atoms with Crippen LogP contribution in [0.5, 0.6) is 0 Å². The Hall–Kier alpha value is -3.74. The van der Waals surface area contributed by atoms with Crippen molar-refractivity contribution in [2.45, 2.75) is 53.4 Å². The van der Waals surface area contributed by atoms with E-state index in [0.29, 0.717) is 12.0 Å². The van der Waals surface area contributed by atoms with E-state index in [4.69, 9.17) is 0 Å². The summed E-state index contributed by atoms with van der Waals surface area (Å²) in [7, 11) is 0. The number of aromatic nitrogens is 1. The third-order valence-electron chi connectivity index (χ3n) is 7.18. The first kappa shape index (κ1) is 27.3. The van der Waals surface area contributed by atoms with Crippen LogP contribution in [-0.2, 0) is 11.2 Å². The van der Waals surface area contributed by atoms with Gasteiger partial charge in [-0.05, 0) is 48.6 Å². The van der Waals surface area contributed by atoms with Crippen LogP contribution < -0.4 is 10.2 Å². The van der Waals surface area contributed by atoms with Crippen LogP contribution in [-0.4, -0.2) is 48.2 Å². The number of benzene rings is 1. The van der Waals surface area contributed by atoms with Gasteiger partial charge in [-0.3, -0.25) is 9.79 Å². The maximum absolute atomic E-state index is 14.9. The lowest BCUT2D eigenvalue weighted by molar-refractivity contribution is -0.129. The van der Waals surface area contributed by atoms with Crippen molar-refractivity contribution in [1.29, 1.82) is 0 Å². The molecule has 0 bridgehead atoms. The van der Waals surface area contributed by atoms with E-state index in [9.17, 15) is 9.18 Å². The zero-order valence-electron chi connectivity index (χ0n) is 22.9. The molecular formula is C31H38FN5O. The summed E-state index contributed by atoms with van der Waals surface area (Å²) in [5.74, 6) is 0.663. The van der Waals surface area contributed by atoms with Crippen LogP contribution >= 0.6 is 0 Å². The first-order chi connectivity index (χ1) is 18.4. The van der Waals surface area contributed by atoms with Crippen molar-refractivity contribution in [2.75, 3.05) is 36.4 Å². The van der Waals surface area contributed by atoms with Crippen molar-refractivity contribution in [3.8, 4) is 0 Å². The van der Waals surface area contributed by atoms with Crippen LogP contribution in [0.15, 0.2) is 70.9 Å². The molecule has 6 nitrogen and oxygen atoms in total. The van der Waals surface area contributed by atoms with E-state index in [-0.39, 0.29) is 11.7 Å². The van der Waals surface area contributed by atoms with Gasteiger partial charge in [-0.2, -0.15) is 0 Å². The van der Waals surface area contributed by atoms with Gasteiger partial charge in [-0.15, -0.1) is 0 Å². The first-order valence-corrected chi connectivity index (χ1v) is 13.5. The maximum atomic E-state index is 14.9. The highest BCUT2D eigenvalue weighted by Gasteiger charge is 2.19. The molecule has 0 atom stereocenters. The van der Waals surface area contributed by atoms with Crippen LogP contribution in [0.1, 0.15) is 56.7 Å². The monoisotopic (exact) mass is 515 g/mol. The molecule has 2 aliphatic rings. The standard InChI is InChI=1S/C31H38FN5O/c1-5-7-26(35-30-11-9-27(20-34-30)37-16-14-36(15-17-37)23(4)38)19-24-8-10-28(22(3)18-24)31-25(6-2)12-13-33-21-29(31)32/h7-11,13,18,20-21H,5-6,12,14-17,19H2,1-4H3,(H,34,35)/b26-7-. The minimum absolute atomic E-state index is 0.133. The Balaban J connectivity index is 1.45. The van der Waals surface area contributed by atoms with Crippen molar-refractivity contribution in [3.05, 3.63) is 82.6 Å². The topological polar surface area (TPSA) is 60.8 Å². The van der Waals surface area contributed by atoms with Gasteiger partial charge >= 0.3 is 0 Å². The zero-order valence-corrected chi connectivity index (χ0v) is 22.9. The van der Waals surface area contributed by atoms with Gasteiger partial charge < -0.3 is 15.1 Å². The molecule has 0 aliphatic carbocycles. The number of carbonyl (C=O) groups is 1.